The highest BCUT2D eigenvalue weighted by atomic mass is 19.4. The summed E-state index contributed by atoms with van der Waals surface area (Å²) >= 11 is 0. The minimum Gasteiger partial charge on any atom is -0.394 e. The van der Waals surface area contributed by atoms with E-state index in [-0.39, 0.29) is 19.6 Å². The first-order valence-corrected chi connectivity index (χ1v) is 10.0. The van der Waals surface area contributed by atoms with Gasteiger partial charge in [-0.25, -0.2) is 9.50 Å². The summed E-state index contributed by atoms with van der Waals surface area (Å²) in [6.07, 6.45) is 3.75. The van der Waals surface area contributed by atoms with E-state index in [0.717, 1.165) is 0 Å². The number of aliphatic hydroxyl groups excluding tert-OH is 2. The molecule has 4 aromatic heterocycles. The molecule has 0 saturated heterocycles. The zero-order valence-electron chi connectivity index (χ0n) is 17.2. The Balaban J connectivity index is 1.70. The first-order valence-electron chi connectivity index (χ1n) is 10.0. The number of rotatable bonds is 8. The Morgan fingerprint density at radius 1 is 1.06 bits per heavy atom. The molecular weight excluding hydrogens is 427 g/mol. The van der Waals surface area contributed by atoms with Gasteiger partial charge in [-0.3, -0.25) is 9.36 Å². The Hall–Kier alpha value is -3.25. The van der Waals surface area contributed by atoms with Gasteiger partial charge in [0.1, 0.15) is 0 Å². The number of aliphatic hydroxyl groups is 2. The van der Waals surface area contributed by atoms with Crippen LogP contribution in [0.2, 0.25) is 0 Å². The van der Waals surface area contributed by atoms with Crippen LogP contribution < -0.4 is 0 Å². The van der Waals surface area contributed by atoms with E-state index in [2.05, 4.69) is 15.3 Å². The summed E-state index contributed by atoms with van der Waals surface area (Å²) in [6.45, 7) is 1.43. The average molecular weight is 449 g/mol. The number of halogens is 3. The molecule has 0 aliphatic heterocycles. The summed E-state index contributed by atoms with van der Waals surface area (Å²) in [5.41, 5.74) is 2.97. The van der Waals surface area contributed by atoms with Gasteiger partial charge in [0.2, 0.25) is 0 Å². The van der Waals surface area contributed by atoms with Gasteiger partial charge < -0.3 is 10.2 Å². The SMILES string of the molecule is CC[C@H](CC(F)(F)F)n1cc(-c2nc(-c3cnn(CC(O)CO)c3)cn3nccc23)cn1. The summed E-state index contributed by atoms with van der Waals surface area (Å²) in [6, 6.07) is 0.960. The molecule has 0 saturated carbocycles. The third kappa shape index (κ3) is 4.65. The van der Waals surface area contributed by atoms with Crippen LogP contribution in [0.5, 0.6) is 0 Å². The predicted molar refractivity (Wildman–Crippen MR) is 109 cm³/mol. The van der Waals surface area contributed by atoms with E-state index in [9.17, 15) is 18.3 Å². The summed E-state index contributed by atoms with van der Waals surface area (Å²) in [7, 11) is 0. The number of hydrogen-bond acceptors (Lipinski definition) is 6. The molecule has 2 N–H and O–H groups in total. The molecule has 4 rings (SSSR count). The van der Waals surface area contributed by atoms with Gasteiger partial charge in [0.15, 0.2) is 0 Å². The Kier molecular flexibility index (Phi) is 5.98. The van der Waals surface area contributed by atoms with Crippen molar-refractivity contribution in [3.63, 3.8) is 0 Å². The quantitative estimate of drug-likeness (QED) is 0.429. The van der Waals surface area contributed by atoms with Crippen LogP contribution in [0.3, 0.4) is 0 Å². The summed E-state index contributed by atoms with van der Waals surface area (Å²) < 4.78 is 43.2. The minimum atomic E-state index is -4.28. The number of fused-ring (bicyclic) bond motifs is 1. The van der Waals surface area contributed by atoms with Crippen molar-refractivity contribution < 1.29 is 23.4 Å². The van der Waals surface area contributed by atoms with Gasteiger partial charge in [-0.15, -0.1) is 0 Å². The van der Waals surface area contributed by atoms with Gasteiger partial charge in [0, 0.05) is 23.5 Å². The van der Waals surface area contributed by atoms with Gasteiger partial charge >= 0.3 is 6.18 Å². The van der Waals surface area contributed by atoms with Crippen molar-refractivity contribution >= 4 is 5.52 Å². The molecule has 0 spiro atoms. The fraction of sp³-hybridized carbons (Fsp3) is 0.400. The standard InChI is InChI=1S/C20H22F3N7O2/c1-2-15(5-20(21,22)23)29-9-14(7-26-29)19-18-3-4-24-30(18)11-17(27-19)13-6-25-28(8-13)10-16(32)12-31/h3-4,6-9,11,15-16,31-32H,2,5,10,12H2,1H3/t15-,16?/m1/s1. The van der Waals surface area contributed by atoms with Crippen LogP contribution in [0.15, 0.2) is 43.2 Å². The summed E-state index contributed by atoms with van der Waals surface area (Å²) in [5, 5.41) is 31.2. The van der Waals surface area contributed by atoms with Crippen LogP contribution in [0.4, 0.5) is 13.2 Å². The molecule has 0 bridgehead atoms. The Morgan fingerprint density at radius 3 is 2.56 bits per heavy atom. The van der Waals surface area contributed by atoms with E-state index in [1.807, 2.05) is 0 Å². The van der Waals surface area contributed by atoms with E-state index in [0.29, 0.717) is 28.0 Å². The van der Waals surface area contributed by atoms with Gasteiger partial charge in [-0.05, 0) is 12.5 Å². The maximum absolute atomic E-state index is 12.9. The van der Waals surface area contributed by atoms with Crippen molar-refractivity contribution in [2.24, 2.45) is 0 Å². The molecule has 4 heterocycles. The van der Waals surface area contributed by atoms with E-state index in [4.69, 9.17) is 10.1 Å². The molecular formula is C20H22F3N7O2. The van der Waals surface area contributed by atoms with Crippen molar-refractivity contribution in [3.8, 4) is 22.5 Å². The van der Waals surface area contributed by atoms with Gasteiger partial charge in [0.05, 0.1) is 73.4 Å². The molecule has 0 aromatic carbocycles. The normalized spacial score (nSPS) is 14.2. The predicted octanol–water partition coefficient (Wildman–Crippen LogP) is 2.71. The lowest BCUT2D eigenvalue weighted by Crippen LogP contribution is -2.19. The molecule has 1 unspecified atom stereocenters. The molecule has 170 valence electrons. The van der Waals surface area contributed by atoms with Crippen molar-refractivity contribution in [2.75, 3.05) is 6.61 Å². The lowest BCUT2D eigenvalue weighted by atomic mass is 10.1. The van der Waals surface area contributed by atoms with Crippen molar-refractivity contribution in [1.29, 1.82) is 0 Å². The van der Waals surface area contributed by atoms with Crippen LogP contribution in [0.25, 0.3) is 28.0 Å². The fourth-order valence-corrected chi connectivity index (χ4v) is 3.50. The highest BCUT2D eigenvalue weighted by Crippen LogP contribution is 2.31. The average Bonchev–Trinajstić information content (AvgIpc) is 3.50. The van der Waals surface area contributed by atoms with Crippen molar-refractivity contribution in [3.05, 3.63) is 43.2 Å². The third-order valence-corrected chi connectivity index (χ3v) is 5.11. The van der Waals surface area contributed by atoms with Gasteiger partial charge in [-0.1, -0.05) is 6.92 Å². The number of nitrogens with zero attached hydrogens (tertiary/aromatic N) is 7. The minimum absolute atomic E-state index is 0.123. The second kappa shape index (κ2) is 8.71. The molecule has 0 fully saturated rings. The van der Waals surface area contributed by atoms with Crippen molar-refractivity contribution in [2.45, 2.75) is 44.6 Å². The van der Waals surface area contributed by atoms with Crippen LogP contribution in [-0.2, 0) is 6.54 Å². The van der Waals surface area contributed by atoms with Gasteiger partial charge in [-0.2, -0.15) is 28.5 Å². The number of hydrogen-bond donors (Lipinski definition) is 2. The summed E-state index contributed by atoms with van der Waals surface area (Å²) in [5.74, 6) is 0. The third-order valence-electron chi connectivity index (χ3n) is 5.11. The molecule has 0 aliphatic rings. The first-order chi connectivity index (χ1) is 15.3. The Labute approximate surface area is 180 Å². The second-order valence-electron chi connectivity index (χ2n) is 7.51. The Morgan fingerprint density at radius 2 is 1.84 bits per heavy atom. The van der Waals surface area contributed by atoms with E-state index in [1.165, 1.54) is 15.6 Å². The number of aromatic nitrogens is 7. The molecule has 0 amide bonds. The van der Waals surface area contributed by atoms with E-state index < -0.39 is 24.7 Å². The molecule has 9 nitrogen and oxygen atoms in total. The molecule has 2 atom stereocenters. The monoisotopic (exact) mass is 449 g/mol. The van der Waals surface area contributed by atoms with E-state index >= 15 is 0 Å². The number of alkyl halides is 3. The molecule has 32 heavy (non-hydrogen) atoms. The Bertz CT molecular complexity index is 1200. The first kappa shape index (κ1) is 22.0. The zero-order chi connectivity index (χ0) is 22.9. The molecule has 0 radical (unpaired) electrons. The van der Waals surface area contributed by atoms with Crippen molar-refractivity contribution in [1.82, 2.24) is 34.2 Å². The zero-order valence-corrected chi connectivity index (χ0v) is 17.2. The van der Waals surface area contributed by atoms with Crippen LogP contribution in [0.1, 0.15) is 25.8 Å². The van der Waals surface area contributed by atoms with Gasteiger partial charge in [0.25, 0.3) is 0 Å². The van der Waals surface area contributed by atoms with Crippen LogP contribution in [0, 0.1) is 0 Å². The highest BCUT2D eigenvalue weighted by Gasteiger charge is 2.32. The molecule has 4 aromatic rings. The lowest BCUT2D eigenvalue weighted by Gasteiger charge is -2.17. The van der Waals surface area contributed by atoms with E-state index in [1.54, 1.807) is 48.5 Å². The topological polar surface area (TPSA) is 106 Å². The summed E-state index contributed by atoms with van der Waals surface area (Å²) in [4.78, 5) is 4.70. The van der Waals surface area contributed by atoms with Crippen LogP contribution >= 0.6 is 0 Å². The fourth-order valence-electron chi connectivity index (χ4n) is 3.50. The lowest BCUT2D eigenvalue weighted by molar-refractivity contribution is -0.143. The smallest absolute Gasteiger partial charge is 0.391 e. The molecule has 0 aliphatic carbocycles. The molecule has 12 heteroatoms. The highest BCUT2D eigenvalue weighted by molar-refractivity contribution is 5.78. The maximum Gasteiger partial charge on any atom is 0.391 e. The maximum atomic E-state index is 12.9. The second-order valence-corrected chi connectivity index (χ2v) is 7.51. The largest absolute Gasteiger partial charge is 0.394 e. The van der Waals surface area contributed by atoms with Crippen LogP contribution in [-0.4, -0.2) is 63.3 Å².